The fourth-order valence-corrected chi connectivity index (χ4v) is 5.25. The van der Waals surface area contributed by atoms with Crippen LogP contribution in [0, 0.1) is 17.2 Å². The van der Waals surface area contributed by atoms with Gasteiger partial charge in [-0.3, -0.25) is 4.99 Å². The van der Waals surface area contributed by atoms with E-state index in [1.54, 1.807) is 0 Å². The Kier molecular flexibility index (Phi) is 7.23. The number of nitrogens with two attached hydrogens (primary N) is 1. The molecule has 3 aliphatic rings. The van der Waals surface area contributed by atoms with Crippen LogP contribution in [0.25, 0.3) is 17.0 Å². The van der Waals surface area contributed by atoms with E-state index in [4.69, 9.17) is 15.7 Å². The number of hydrogen-bond acceptors (Lipinski definition) is 6. The summed E-state index contributed by atoms with van der Waals surface area (Å²) in [6, 6.07) is 8.73. The number of likely N-dealkylation sites (N-methyl/N-ethyl adjacent to an activating group) is 1. The first-order valence-corrected chi connectivity index (χ1v) is 13.1. The van der Waals surface area contributed by atoms with Crippen LogP contribution >= 0.6 is 0 Å². The van der Waals surface area contributed by atoms with Crippen molar-refractivity contribution in [2.24, 2.45) is 22.6 Å². The minimum atomic E-state index is 0.0492. The first-order chi connectivity index (χ1) is 17.5. The minimum Gasteiger partial charge on any atom is -0.376 e. The van der Waals surface area contributed by atoms with Gasteiger partial charge in [0.15, 0.2) is 5.82 Å². The number of aliphatic imine (C=N–C) groups is 1. The van der Waals surface area contributed by atoms with Crippen molar-refractivity contribution in [3.05, 3.63) is 77.8 Å². The van der Waals surface area contributed by atoms with Crippen molar-refractivity contribution in [2.75, 3.05) is 20.1 Å². The molecule has 5 rings (SSSR count). The van der Waals surface area contributed by atoms with Crippen molar-refractivity contribution >= 4 is 17.5 Å². The van der Waals surface area contributed by atoms with Gasteiger partial charge in [-0.05, 0) is 62.3 Å². The lowest BCUT2D eigenvalue weighted by Crippen LogP contribution is -2.25. The van der Waals surface area contributed by atoms with Crippen LogP contribution in [-0.4, -0.2) is 53.0 Å². The molecule has 4 unspecified atom stereocenters. The molecular formula is C30H36N6. The van der Waals surface area contributed by atoms with Gasteiger partial charge in [-0.1, -0.05) is 42.5 Å². The molecule has 1 aromatic carbocycles. The molecule has 2 aliphatic heterocycles. The van der Waals surface area contributed by atoms with Crippen molar-refractivity contribution in [1.82, 2.24) is 14.9 Å². The lowest BCUT2D eigenvalue weighted by atomic mass is 9.82. The maximum Gasteiger partial charge on any atom is 0.159 e. The molecule has 1 aromatic heterocycles. The summed E-state index contributed by atoms with van der Waals surface area (Å²) in [5.41, 5.74) is 11.5. The van der Waals surface area contributed by atoms with Crippen LogP contribution in [0.4, 0.5) is 0 Å². The van der Waals surface area contributed by atoms with Crippen LogP contribution in [0.15, 0.2) is 66.0 Å². The van der Waals surface area contributed by atoms with Gasteiger partial charge in [-0.2, -0.15) is 0 Å². The Balaban J connectivity index is 1.52. The van der Waals surface area contributed by atoms with Crippen LogP contribution in [0.5, 0.6) is 0 Å². The first kappa shape index (κ1) is 24.3. The number of nitrogens with zero attached hydrogens (tertiary/aromatic N) is 4. The molecule has 3 heterocycles. The number of hydrogen-bond donors (Lipinski definition) is 2. The molecule has 0 saturated carbocycles. The monoisotopic (exact) mass is 480 g/mol. The Labute approximate surface area is 214 Å². The van der Waals surface area contributed by atoms with Crippen molar-refractivity contribution in [1.29, 1.82) is 5.41 Å². The number of benzene rings is 1. The Morgan fingerprint density at radius 2 is 2.00 bits per heavy atom. The van der Waals surface area contributed by atoms with Gasteiger partial charge in [-0.15, -0.1) is 0 Å². The van der Waals surface area contributed by atoms with E-state index in [0.29, 0.717) is 30.0 Å². The van der Waals surface area contributed by atoms with E-state index >= 15 is 0 Å². The number of allylic oxidation sites excluding steroid dienone is 3. The Hall–Kier alpha value is -3.38. The van der Waals surface area contributed by atoms with E-state index in [2.05, 4.69) is 78.6 Å². The SMILES string of the molecule is CC1CCC(c2cnc(-c3cccc(C4=CN(C)CC=C4)c3)nc2C(=N)C2C=CC(CN)CC2)C=N1. The van der Waals surface area contributed by atoms with Crippen LogP contribution in [0.3, 0.4) is 0 Å². The normalized spacial score (nSPS) is 25.6. The highest BCUT2D eigenvalue weighted by atomic mass is 15.1. The molecule has 0 fully saturated rings. The van der Waals surface area contributed by atoms with E-state index in [-0.39, 0.29) is 11.8 Å². The Bertz CT molecular complexity index is 1240. The zero-order chi connectivity index (χ0) is 25.1. The summed E-state index contributed by atoms with van der Waals surface area (Å²) in [6.07, 6.45) is 18.8. The highest BCUT2D eigenvalue weighted by molar-refractivity contribution is 6.01. The molecular weight excluding hydrogens is 444 g/mol. The quantitative estimate of drug-likeness (QED) is 0.437. The summed E-state index contributed by atoms with van der Waals surface area (Å²) in [5.74, 6) is 1.27. The van der Waals surface area contributed by atoms with Gasteiger partial charge in [0.05, 0.1) is 11.4 Å². The van der Waals surface area contributed by atoms with Gasteiger partial charge in [0.25, 0.3) is 0 Å². The third-order valence-electron chi connectivity index (χ3n) is 7.53. The van der Waals surface area contributed by atoms with Gasteiger partial charge in [0.2, 0.25) is 0 Å². The maximum atomic E-state index is 9.19. The van der Waals surface area contributed by atoms with Crippen LogP contribution < -0.4 is 5.73 Å². The summed E-state index contributed by atoms with van der Waals surface area (Å²) in [5, 5.41) is 9.19. The largest absolute Gasteiger partial charge is 0.376 e. The van der Waals surface area contributed by atoms with Gasteiger partial charge in [0.1, 0.15) is 0 Å². The topological polar surface area (TPSA) is 91.2 Å². The Morgan fingerprint density at radius 1 is 1.14 bits per heavy atom. The van der Waals surface area contributed by atoms with E-state index < -0.39 is 0 Å². The molecule has 36 heavy (non-hydrogen) atoms. The highest BCUT2D eigenvalue weighted by Gasteiger charge is 2.27. The van der Waals surface area contributed by atoms with Gasteiger partial charge < -0.3 is 16.0 Å². The first-order valence-electron chi connectivity index (χ1n) is 13.1. The molecule has 6 nitrogen and oxygen atoms in total. The zero-order valence-corrected chi connectivity index (χ0v) is 21.3. The van der Waals surface area contributed by atoms with E-state index in [1.165, 1.54) is 5.57 Å². The summed E-state index contributed by atoms with van der Waals surface area (Å²) >= 11 is 0. The fraction of sp³-hybridized carbons (Fsp3) is 0.400. The molecule has 6 heteroatoms. The number of aromatic nitrogens is 2. The lowest BCUT2D eigenvalue weighted by Gasteiger charge is -2.26. The third kappa shape index (κ3) is 5.24. The molecule has 186 valence electrons. The molecule has 0 spiro atoms. The molecule has 0 radical (unpaired) electrons. The standard InChI is InChI=1S/C30H36N6/c1-20-8-11-25(17-33-20)27-18-34-30(35-29(27)28(32)22-12-9-21(16-31)10-13-22)24-6-3-5-23(15-24)26-7-4-14-36(2)19-26/h3-7,9,12,15,17-22,25,32H,8,10-11,13-14,16,31H2,1-2H3. The molecule has 1 aliphatic carbocycles. The van der Waals surface area contributed by atoms with Gasteiger partial charge in [0, 0.05) is 61.2 Å². The predicted octanol–water partition coefficient (Wildman–Crippen LogP) is 5.23. The molecule has 0 bridgehead atoms. The van der Waals surface area contributed by atoms with Crippen LogP contribution in [0.1, 0.15) is 55.3 Å². The minimum absolute atomic E-state index is 0.0492. The molecule has 3 N–H and O–H groups in total. The van der Waals surface area contributed by atoms with Gasteiger partial charge >= 0.3 is 0 Å². The summed E-state index contributed by atoms with van der Waals surface area (Å²) in [4.78, 5) is 16.7. The van der Waals surface area contributed by atoms with E-state index in [9.17, 15) is 5.41 Å². The summed E-state index contributed by atoms with van der Waals surface area (Å²) < 4.78 is 0. The predicted molar refractivity (Wildman–Crippen MR) is 148 cm³/mol. The van der Waals surface area contributed by atoms with Crippen molar-refractivity contribution in [3.8, 4) is 11.4 Å². The van der Waals surface area contributed by atoms with Crippen molar-refractivity contribution in [3.63, 3.8) is 0 Å². The van der Waals surface area contributed by atoms with Crippen LogP contribution in [-0.2, 0) is 0 Å². The van der Waals surface area contributed by atoms with Gasteiger partial charge in [-0.25, -0.2) is 9.97 Å². The molecule has 4 atom stereocenters. The van der Waals surface area contributed by atoms with Crippen molar-refractivity contribution in [2.45, 2.75) is 44.6 Å². The third-order valence-corrected chi connectivity index (χ3v) is 7.53. The second-order valence-corrected chi connectivity index (χ2v) is 10.3. The number of rotatable bonds is 6. The van der Waals surface area contributed by atoms with E-state index in [1.807, 2.05) is 12.4 Å². The average molecular weight is 481 g/mol. The van der Waals surface area contributed by atoms with Crippen LogP contribution in [0.2, 0.25) is 0 Å². The summed E-state index contributed by atoms with van der Waals surface area (Å²) in [7, 11) is 2.08. The Morgan fingerprint density at radius 3 is 2.72 bits per heavy atom. The second-order valence-electron chi connectivity index (χ2n) is 10.3. The van der Waals surface area contributed by atoms with E-state index in [0.717, 1.165) is 54.6 Å². The molecule has 0 amide bonds. The van der Waals surface area contributed by atoms with Crippen molar-refractivity contribution < 1.29 is 0 Å². The average Bonchev–Trinajstić information content (AvgIpc) is 2.93. The highest BCUT2D eigenvalue weighted by Crippen LogP contribution is 2.32. The lowest BCUT2D eigenvalue weighted by molar-refractivity contribution is 0.507. The smallest absolute Gasteiger partial charge is 0.159 e. The summed E-state index contributed by atoms with van der Waals surface area (Å²) in [6.45, 7) is 3.73. The fourth-order valence-electron chi connectivity index (χ4n) is 5.25. The molecule has 0 saturated heterocycles. The zero-order valence-electron chi connectivity index (χ0n) is 21.3. The maximum absolute atomic E-state index is 9.19. The number of nitrogens with one attached hydrogen (secondary N) is 1. The molecule has 2 aromatic rings. The second kappa shape index (κ2) is 10.7.